The van der Waals surface area contributed by atoms with Crippen LogP contribution in [-0.2, 0) is 16.0 Å². The van der Waals surface area contributed by atoms with E-state index >= 15 is 0 Å². The number of carbonyl (C=O) groups is 1. The Morgan fingerprint density at radius 1 is 1.25 bits per heavy atom. The van der Waals surface area contributed by atoms with E-state index in [1.165, 1.54) is 0 Å². The number of guanidine groups is 1. The van der Waals surface area contributed by atoms with Gasteiger partial charge in [-0.05, 0) is 37.5 Å². The highest BCUT2D eigenvalue weighted by Gasteiger charge is 2.23. The number of benzene rings is 1. The second-order valence-electron chi connectivity index (χ2n) is 7.76. The highest BCUT2D eigenvalue weighted by Crippen LogP contribution is 2.15. The third-order valence-electron chi connectivity index (χ3n) is 5.48. The Labute approximate surface area is 207 Å². The van der Waals surface area contributed by atoms with Crippen LogP contribution in [0.25, 0.3) is 0 Å². The molecular weight excluding hydrogens is 525 g/mol. The summed E-state index contributed by atoms with van der Waals surface area (Å²) in [5, 5.41) is 3.27. The number of hydrogen-bond acceptors (Lipinski definition) is 6. The molecule has 0 spiro atoms. The number of hydrogen-bond donors (Lipinski definition) is 2. The van der Waals surface area contributed by atoms with E-state index in [0.717, 1.165) is 57.0 Å². The van der Waals surface area contributed by atoms with Crippen LogP contribution in [0.1, 0.15) is 25.3 Å². The van der Waals surface area contributed by atoms with Crippen LogP contribution in [0.2, 0.25) is 0 Å². The second kappa shape index (κ2) is 14.4. The Morgan fingerprint density at radius 2 is 2.00 bits per heavy atom. The molecule has 2 fully saturated rings. The SMILES string of the molecule is CCOC(=O)N1CCC(NC(N)=NCc2cccc(OCCN3CCOCC3)c2)CC1.I. The van der Waals surface area contributed by atoms with Crippen LogP contribution in [-0.4, -0.2) is 87.0 Å². The van der Waals surface area contributed by atoms with E-state index in [2.05, 4.69) is 15.2 Å². The van der Waals surface area contributed by atoms with E-state index in [4.69, 9.17) is 19.9 Å². The second-order valence-corrected chi connectivity index (χ2v) is 7.76. The maximum Gasteiger partial charge on any atom is 0.409 e. The molecule has 32 heavy (non-hydrogen) atoms. The summed E-state index contributed by atoms with van der Waals surface area (Å²) in [6.45, 7) is 9.10. The van der Waals surface area contributed by atoms with Crippen LogP contribution in [0.15, 0.2) is 29.3 Å². The molecule has 10 heteroatoms. The van der Waals surface area contributed by atoms with Crippen molar-refractivity contribution in [3.8, 4) is 5.75 Å². The number of morpholine rings is 1. The molecule has 1 aromatic rings. The molecule has 3 rings (SSSR count). The number of carbonyl (C=O) groups excluding carboxylic acids is 1. The number of likely N-dealkylation sites (tertiary alicyclic amines) is 1. The molecule has 1 amide bonds. The Balaban J connectivity index is 0.00000363. The zero-order valence-electron chi connectivity index (χ0n) is 18.8. The summed E-state index contributed by atoms with van der Waals surface area (Å²) in [6, 6.07) is 8.18. The van der Waals surface area contributed by atoms with Crippen molar-refractivity contribution < 1.29 is 19.0 Å². The van der Waals surface area contributed by atoms with Crippen molar-refractivity contribution in [3.05, 3.63) is 29.8 Å². The molecule has 3 N–H and O–H groups in total. The topological polar surface area (TPSA) is 102 Å². The predicted octanol–water partition coefficient (Wildman–Crippen LogP) is 2.04. The molecular formula is C22H36IN5O4. The quantitative estimate of drug-likeness (QED) is 0.285. The van der Waals surface area contributed by atoms with Gasteiger partial charge >= 0.3 is 6.09 Å². The summed E-state index contributed by atoms with van der Waals surface area (Å²) >= 11 is 0. The number of amides is 1. The van der Waals surface area contributed by atoms with E-state index in [0.29, 0.717) is 38.8 Å². The van der Waals surface area contributed by atoms with Crippen molar-refractivity contribution in [1.82, 2.24) is 15.1 Å². The van der Waals surface area contributed by atoms with Gasteiger partial charge in [-0.15, -0.1) is 24.0 Å². The van der Waals surface area contributed by atoms with Crippen LogP contribution >= 0.6 is 24.0 Å². The van der Waals surface area contributed by atoms with Gasteiger partial charge in [0.25, 0.3) is 0 Å². The Kier molecular flexibility index (Phi) is 11.9. The molecule has 0 bridgehead atoms. The molecule has 2 heterocycles. The Bertz CT molecular complexity index is 722. The number of piperidine rings is 1. The van der Waals surface area contributed by atoms with Gasteiger partial charge < -0.3 is 30.2 Å². The molecule has 0 saturated carbocycles. The third kappa shape index (κ3) is 8.99. The zero-order valence-corrected chi connectivity index (χ0v) is 21.2. The molecule has 2 saturated heterocycles. The fourth-order valence-electron chi connectivity index (χ4n) is 3.70. The number of nitrogens with zero attached hydrogens (tertiary/aromatic N) is 3. The number of aliphatic imine (C=N–C) groups is 1. The minimum Gasteiger partial charge on any atom is -0.492 e. The number of nitrogens with one attached hydrogen (secondary N) is 1. The summed E-state index contributed by atoms with van der Waals surface area (Å²) in [5.74, 6) is 1.27. The number of rotatable bonds is 8. The van der Waals surface area contributed by atoms with Crippen molar-refractivity contribution in [2.24, 2.45) is 10.7 Å². The lowest BCUT2D eigenvalue weighted by Gasteiger charge is -2.31. The molecule has 0 aliphatic carbocycles. The third-order valence-corrected chi connectivity index (χ3v) is 5.48. The van der Waals surface area contributed by atoms with Crippen LogP contribution in [0.4, 0.5) is 4.79 Å². The number of halogens is 1. The number of ether oxygens (including phenoxy) is 3. The first-order valence-electron chi connectivity index (χ1n) is 11.1. The average molecular weight is 561 g/mol. The van der Waals surface area contributed by atoms with Crippen molar-refractivity contribution in [2.45, 2.75) is 32.4 Å². The Hall–Kier alpha value is -1.79. The summed E-state index contributed by atoms with van der Waals surface area (Å²) in [4.78, 5) is 20.3. The molecule has 1 aromatic carbocycles. The summed E-state index contributed by atoms with van der Waals surface area (Å²) in [6.07, 6.45) is 1.40. The van der Waals surface area contributed by atoms with Crippen molar-refractivity contribution in [1.29, 1.82) is 0 Å². The maximum atomic E-state index is 11.8. The lowest BCUT2D eigenvalue weighted by molar-refractivity contribution is 0.0322. The van der Waals surface area contributed by atoms with E-state index in [1.807, 2.05) is 31.2 Å². The molecule has 0 unspecified atom stereocenters. The van der Waals surface area contributed by atoms with Crippen LogP contribution in [0, 0.1) is 0 Å². The van der Waals surface area contributed by atoms with Crippen molar-refractivity contribution in [3.63, 3.8) is 0 Å². The largest absolute Gasteiger partial charge is 0.492 e. The summed E-state index contributed by atoms with van der Waals surface area (Å²) < 4.78 is 16.3. The minimum atomic E-state index is -0.241. The minimum absolute atomic E-state index is 0. The van der Waals surface area contributed by atoms with Gasteiger partial charge in [0.15, 0.2) is 5.96 Å². The average Bonchev–Trinajstić information content (AvgIpc) is 2.79. The predicted molar refractivity (Wildman–Crippen MR) is 135 cm³/mol. The molecule has 2 aliphatic rings. The molecule has 0 atom stereocenters. The van der Waals surface area contributed by atoms with Crippen LogP contribution < -0.4 is 15.8 Å². The lowest BCUT2D eigenvalue weighted by atomic mass is 10.1. The lowest BCUT2D eigenvalue weighted by Crippen LogP contribution is -2.48. The highest BCUT2D eigenvalue weighted by molar-refractivity contribution is 14.0. The fraction of sp³-hybridized carbons (Fsp3) is 0.636. The number of nitrogens with two attached hydrogens (primary N) is 1. The van der Waals surface area contributed by atoms with E-state index < -0.39 is 0 Å². The summed E-state index contributed by atoms with van der Waals surface area (Å²) in [5.41, 5.74) is 7.13. The fourth-order valence-corrected chi connectivity index (χ4v) is 3.70. The molecule has 0 radical (unpaired) electrons. The van der Waals surface area contributed by atoms with Gasteiger partial charge in [0.05, 0.1) is 26.4 Å². The van der Waals surface area contributed by atoms with Gasteiger partial charge in [0.1, 0.15) is 12.4 Å². The van der Waals surface area contributed by atoms with Gasteiger partial charge in [-0.2, -0.15) is 0 Å². The smallest absolute Gasteiger partial charge is 0.409 e. The first-order valence-corrected chi connectivity index (χ1v) is 11.1. The van der Waals surface area contributed by atoms with E-state index in [9.17, 15) is 4.79 Å². The molecule has 2 aliphatic heterocycles. The van der Waals surface area contributed by atoms with Gasteiger partial charge in [0.2, 0.25) is 0 Å². The van der Waals surface area contributed by atoms with Gasteiger partial charge in [-0.25, -0.2) is 9.79 Å². The van der Waals surface area contributed by atoms with Gasteiger partial charge in [-0.1, -0.05) is 12.1 Å². The standard InChI is InChI=1S/C22H35N5O4.HI/c1-2-30-22(28)27-8-6-19(7-9-27)25-21(23)24-17-18-4-3-5-20(16-18)31-15-12-26-10-13-29-14-11-26;/h3-5,16,19H,2,6-15,17H2,1H3,(H3,23,24,25);1H. The normalized spacial score (nSPS) is 18.0. The van der Waals surface area contributed by atoms with Crippen molar-refractivity contribution in [2.75, 3.05) is 59.2 Å². The first kappa shape index (κ1) is 26.5. The van der Waals surface area contributed by atoms with Gasteiger partial charge in [-0.3, -0.25) is 4.90 Å². The molecule has 9 nitrogen and oxygen atoms in total. The van der Waals surface area contributed by atoms with Crippen LogP contribution in [0.3, 0.4) is 0 Å². The maximum absolute atomic E-state index is 11.8. The summed E-state index contributed by atoms with van der Waals surface area (Å²) in [7, 11) is 0. The van der Waals surface area contributed by atoms with Gasteiger partial charge in [0, 0.05) is 38.8 Å². The van der Waals surface area contributed by atoms with E-state index in [1.54, 1.807) is 4.90 Å². The molecule has 180 valence electrons. The first-order chi connectivity index (χ1) is 15.1. The van der Waals surface area contributed by atoms with E-state index in [-0.39, 0.29) is 36.1 Å². The zero-order chi connectivity index (χ0) is 21.9. The van der Waals surface area contributed by atoms with Crippen LogP contribution in [0.5, 0.6) is 5.75 Å². The van der Waals surface area contributed by atoms with Crippen molar-refractivity contribution >= 4 is 36.0 Å². The Morgan fingerprint density at radius 3 is 2.72 bits per heavy atom. The molecule has 0 aromatic heterocycles. The highest BCUT2D eigenvalue weighted by atomic mass is 127. The monoisotopic (exact) mass is 561 g/mol.